The van der Waals surface area contributed by atoms with Crippen LogP contribution in [0.25, 0.3) is 5.76 Å². The lowest BCUT2D eigenvalue weighted by Gasteiger charge is -2.26. The summed E-state index contributed by atoms with van der Waals surface area (Å²) in [5.41, 5.74) is 2.84. The molecule has 1 fully saturated rings. The van der Waals surface area contributed by atoms with Crippen LogP contribution in [0.15, 0.2) is 78.4 Å². The Bertz CT molecular complexity index is 1380. The Kier molecular flexibility index (Phi) is 7.87. The van der Waals surface area contributed by atoms with Gasteiger partial charge in [-0.25, -0.2) is 0 Å². The van der Waals surface area contributed by atoms with Crippen molar-refractivity contribution < 1.29 is 24.4 Å². The number of likely N-dealkylation sites (tertiary alicyclic amines) is 1. The van der Waals surface area contributed by atoms with Gasteiger partial charge in [-0.3, -0.25) is 19.7 Å². The summed E-state index contributed by atoms with van der Waals surface area (Å²) in [5.74, 6) is -1.26. The van der Waals surface area contributed by atoms with Gasteiger partial charge in [0.2, 0.25) is 0 Å². The first-order valence-corrected chi connectivity index (χ1v) is 12.1. The number of hydrogen-bond donors (Lipinski definition) is 1. The Morgan fingerprint density at radius 1 is 1.05 bits per heavy atom. The largest absolute Gasteiger partial charge is 0.507 e. The number of rotatable bonds is 9. The minimum Gasteiger partial charge on any atom is -0.507 e. The number of amides is 1. The smallest absolute Gasteiger partial charge is 0.295 e. The number of hydrogen-bond acceptors (Lipinski definition) is 7. The lowest BCUT2D eigenvalue weighted by Crippen LogP contribution is -2.35. The average molecular weight is 516 g/mol. The van der Waals surface area contributed by atoms with Crippen molar-refractivity contribution in [3.8, 4) is 5.75 Å². The number of nitro groups is 1. The topological polar surface area (TPSA) is 113 Å². The Morgan fingerprint density at radius 3 is 2.34 bits per heavy atom. The molecule has 0 bridgehead atoms. The number of Topliss-reactive ketones (excluding diaryl/α,β-unsaturated/α-hetero) is 1. The zero-order chi connectivity index (χ0) is 27.4. The first-order chi connectivity index (χ1) is 18.2. The molecule has 0 spiro atoms. The molecule has 0 aromatic heterocycles. The fraction of sp³-hybridized carbons (Fsp3) is 0.241. The Balaban J connectivity index is 1.66. The minimum absolute atomic E-state index is 0.0592. The third kappa shape index (κ3) is 5.73. The maximum Gasteiger partial charge on any atom is 0.295 e. The number of carbonyl (C=O) groups is 2. The van der Waals surface area contributed by atoms with Crippen molar-refractivity contribution in [3.05, 3.63) is 111 Å². The summed E-state index contributed by atoms with van der Waals surface area (Å²) >= 11 is 0. The number of likely N-dealkylation sites (N-methyl/N-ethyl adjacent to an activating group) is 1. The van der Waals surface area contributed by atoms with Crippen LogP contribution in [0.4, 0.5) is 5.69 Å². The number of benzene rings is 3. The second kappa shape index (κ2) is 11.3. The standard InChI is InChI=1S/C29H29N3O6/c1-19-5-4-6-20(17-19)18-38-24-13-9-22(10-14-24)27(33)25-26(21-7-11-23(12-8-21)32(36)37)31(16-15-30(2)3)29(35)28(25)34/h4-14,17,26,33H,15-16,18H2,1-3H3/b27-25+/t26-/m0/s1. The number of nitrogens with zero attached hydrogens (tertiary/aromatic N) is 3. The maximum absolute atomic E-state index is 13.1. The van der Waals surface area contributed by atoms with Gasteiger partial charge in [0.15, 0.2) is 0 Å². The van der Waals surface area contributed by atoms with Gasteiger partial charge >= 0.3 is 0 Å². The second-order valence-electron chi connectivity index (χ2n) is 9.45. The van der Waals surface area contributed by atoms with Crippen LogP contribution < -0.4 is 4.74 Å². The molecule has 38 heavy (non-hydrogen) atoms. The molecule has 1 aliphatic rings. The van der Waals surface area contributed by atoms with Crippen molar-refractivity contribution in [3.63, 3.8) is 0 Å². The van der Waals surface area contributed by atoms with E-state index in [4.69, 9.17) is 4.74 Å². The quantitative estimate of drug-likeness (QED) is 0.147. The molecule has 1 saturated heterocycles. The molecule has 1 atom stereocenters. The van der Waals surface area contributed by atoms with E-state index in [9.17, 15) is 24.8 Å². The van der Waals surface area contributed by atoms with Gasteiger partial charge in [-0.2, -0.15) is 0 Å². The SMILES string of the molecule is Cc1cccc(COc2ccc(/C(O)=C3\C(=O)C(=O)N(CCN(C)C)[C@H]3c3ccc([N+](=O)[O-])cc3)cc2)c1. The van der Waals surface area contributed by atoms with Gasteiger partial charge < -0.3 is 19.6 Å². The fourth-order valence-corrected chi connectivity index (χ4v) is 4.38. The number of ether oxygens (including phenoxy) is 1. The number of ketones is 1. The van der Waals surface area contributed by atoms with E-state index in [-0.39, 0.29) is 23.6 Å². The van der Waals surface area contributed by atoms with Gasteiger partial charge in [0.05, 0.1) is 16.5 Å². The summed E-state index contributed by atoms with van der Waals surface area (Å²) in [4.78, 5) is 40.0. The maximum atomic E-state index is 13.1. The first-order valence-electron chi connectivity index (χ1n) is 12.1. The van der Waals surface area contributed by atoms with E-state index < -0.39 is 22.7 Å². The van der Waals surface area contributed by atoms with Crippen LogP contribution in [0.3, 0.4) is 0 Å². The average Bonchev–Trinajstić information content (AvgIpc) is 3.15. The van der Waals surface area contributed by atoms with Crippen LogP contribution in [0.5, 0.6) is 5.75 Å². The summed E-state index contributed by atoms with van der Waals surface area (Å²) in [5, 5.41) is 22.4. The highest BCUT2D eigenvalue weighted by molar-refractivity contribution is 6.46. The molecule has 9 nitrogen and oxygen atoms in total. The summed E-state index contributed by atoms with van der Waals surface area (Å²) < 4.78 is 5.85. The third-order valence-corrected chi connectivity index (χ3v) is 6.36. The third-order valence-electron chi connectivity index (χ3n) is 6.36. The van der Waals surface area contributed by atoms with Gasteiger partial charge in [0.1, 0.15) is 18.1 Å². The van der Waals surface area contributed by atoms with E-state index in [1.54, 1.807) is 24.3 Å². The molecule has 1 heterocycles. The van der Waals surface area contributed by atoms with Crippen LogP contribution in [0.2, 0.25) is 0 Å². The fourth-order valence-electron chi connectivity index (χ4n) is 4.38. The van der Waals surface area contributed by atoms with E-state index in [2.05, 4.69) is 0 Å². The molecule has 0 saturated carbocycles. The van der Waals surface area contributed by atoms with Crippen LogP contribution in [-0.2, 0) is 16.2 Å². The van der Waals surface area contributed by atoms with Crippen molar-refractivity contribution >= 4 is 23.1 Å². The van der Waals surface area contributed by atoms with Crippen molar-refractivity contribution in [1.82, 2.24) is 9.80 Å². The molecule has 9 heteroatoms. The number of aliphatic hydroxyl groups is 1. The molecule has 0 radical (unpaired) electrons. The van der Waals surface area contributed by atoms with Crippen molar-refractivity contribution in [2.75, 3.05) is 27.2 Å². The van der Waals surface area contributed by atoms with Crippen LogP contribution >= 0.6 is 0 Å². The van der Waals surface area contributed by atoms with E-state index in [1.807, 2.05) is 50.2 Å². The Morgan fingerprint density at radius 2 is 1.74 bits per heavy atom. The highest BCUT2D eigenvalue weighted by Gasteiger charge is 2.46. The van der Waals surface area contributed by atoms with Gasteiger partial charge in [-0.15, -0.1) is 0 Å². The van der Waals surface area contributed by atoms with E-state index in [0.717, 1.165) is 11.1 Å². The van der Waals surface area contributed by atoms with Crippen molar-refractivity contribution in [2.45, 2.75) is 19.6 Å². The molecule has 0 aliphatic carbocycles. The lowest BCUT2D eigenvalue weighted by atomic mass is 9.95. The minimum atomic E-state index is -0.881. The lowest BCUT2D eigenvalue weighted by molar-refractivity contribution is -0.384. The second-order valence-corrected chi connectivity index (χ2v) is 9.45. The first kappa shape index (κ1) is 26.6. The normalized spacial score (nSPS) is 16.7. The van der Waals surface area contributed by atoms with Gasteiger partial charge in [0.25, 0.3) is 17.4 Å². The number of nitro benzene ring substituents is 1. The molecule has 196 valence electrons. The molecular weight excluding hydrogens is 486 g/mol. The Labute approximate surface area is 220 Å². The van der Waals surface area contributed by atoms with Crippen LogP contribution in [0.1, 0.15) is 28.3 Å². The molecule has 3 aromatic rings. The molecule has 1 amide bonds. The highest BCUT2D eigenvalue weighted by atomic mass is 16.6. The van der Waals surface area contributed by atoms with Crippen molar-refractivity contribution in [2.24, 2.45) is 0 Å². The van der Waals surface area contributed by atoms with Gasteiger partial charge in [-0.05, 0) is 68.5 Å². The Hall–Kier alpha value is -4.50. The van der Waals surface area contributed by atoms with E-state index in [0.29, 0.717) is 30.0 Å². The molecule has 3 aromatic carbocycles. The molecule has 1 aliphatic heterocycles. The highest BCUT2D eigenvalue weighted by Crippen LogP contribution is 2.39. The van der Waals surface area contributed by atoms with E-state index >= 15 is 0 Å². The molecular formula is C29H29N3O6. The number of aliphatic hydroxyl groups excluding tert-OH is 1. The van der Waals surface area contributed by atoms with Crippen LogP contribution in [0, 0.1) is 17.0 Å². The van der Waals surface area contributed by atoms with E-state index in [1.165, 1.54) is 29.2 Å². The summed E-state index contributed by atoms with van der Waals surface area (Å²) in [6.45, 7) is 3.12. The van der Waals surface area contributed by atoms with Crippen LogP contribution in [-0.4, -0.2) is 58.7 Å². The summed E-state index contributed by atoms with van der Waals surface area (Å²) in [6, 6.07) is 19.4. The molecule has 4 rings (SSSR count). The summed E-state index contributed by atoms with van der Waals surface area (Å²) in [7, 11) is 3.69. The summed E-state index contributed by atoms with van der Waals surface area (Å²) in [6.07, 6.45) is 0. The van der Waals surface area contributed by atoms with Gasteiger partial charge in [-0.1, -0.05) is 29.8 Å². The number of non-ortho nitro benzene ring substituents is 1. The predicted molar refractivity (Wildman–Crippen MR) is 143 cm³/mol. The van der Waals surface area contributed by atoms with Crippen molar-refractivity contribution in [1.29, 1.82) is 0 Å². The number of carbonyl (C=O) groups excluding carboxylic acids is 2. The zero-order valence-electron chi connectivity index (χ0n) is 21.5. The zero-order valence-corrected chi connectivity index (χ0v) is 21.5. The molecule has 0 unspecified atom stereocenters. The van der Waals surface area contributed by atoms with Gasteiger partial charge in [0, 0.05) is 30.8 Å². The predicted octanol–water partition coefficient (Wildman–Crippen LogP) is 4.47. The molecule has 1 N–H and O–H groups in total. The monoisotopic (exact) mass is 515 g/mol. The number of aryl methyl sites for hydroxylation is 1.